The lowest BCUT2D eigenvalue weighted by Gasteiger charge is -2.30. The number of aromatic nitrogens is 3. The van der Waals surface area contributed by atoms with Gasteiger partial charge in [-0.25, -0.2) is 9.97 Å². The molecule has 0 spiro atoms. The predicted octanol–water partition coefficient (Wildman–Crippen LogP) is 1.47. The summed E-state index contributed by atoms with van der Waals surface area (Å²) in [6.07, 6.45) is 5.88. The molecule has 13 heteroatoms. The molecule has 2 aromatic heterocycles. The van der Waals surface area contributed by atoms with E-state index in [1.165, 1.54) is 0 Å². The summed E-state index contributed by atoms with van der Waals surface area (Å²) in [7, 11) is 0. The Kier molecular flexibility index (Phi) is 12.0. The van der Waals surface area contributed by atoms with E-state index >= 15 is 0 Å². The maximum atomic E-state index is 13.1. The van der Waals surface area contributed by atoms with Gasteiger partial charge in [0.25, 0.3) is 5.91 Å². The first kappa shape index (κ1) is 29.2. The Labute approximate surface area is 220 Å². The lowest BCUT2D eigenvalue weighted by molar-refractivity contribution is -0.191. The number of morpholine rings is 1. The minimum atomic E-state index is -0.453. The van der Waals surface area contributed by atoms with Crippen molar-refractivity contribution in [1.29, 1.82) is 0 Å². The lowest BCUT2D eigenvalue weighted by atomic mass is 10.1. The Bertz CT molecular complexity index is 1180. The SMILES string of the molecule is NCCCOc1ccc(-c2cnc(N)c(C(=O)Nc3cnccc3N3CCOCC3)n2)cc1.O=C=O.S. The van der Waals surface area contributed by atoms with Gasteiger partial charge in [0, 0.05) is 24.8 Å². The van der Waals surface area contributed by atoms with Crippen LogP contribution in [0, 0.1) is 0 Å². The number of hydrogen-bond donors (Lipinski definition) is 3. The molecule has 1 amide bonds. The van der Waals surface area contributed by atoms with Crippen molar-refractivity contribution < 1.29 is 23.9 Å². The van der Waals surface area contributed by atoms with Crippen molar-refractivity contribution in [1.82, 2.24) is 15.0 Å². The van der Waals surface area contributed by atoms with Gasteiger partial charge in [0.05, 0.1) is 49.3 Å². The van der Waals surface area contributed by atoms with Gasteiger partial charge >= 0.3 is 6.15 Å². The molecule has 37 heavy (non-hydrogen) atoms. The van der Waals surface area contributed by atoms with Crippen LogP contribution in [0.4, 0.5) is 17.2 Å². The van der Waals surface area contributed by atoms with Crippen LogP contribution in [0.15, 0.2) is 48.9 Å². The molecule has 4 rings (SSSR count). The van der Waals surface area contributed by atoms with Crippen LogP contribution in [-0.4, -0.2) is 66.5 Å². The number of nitrogens with two attached hydrogens (primary N) is 2. The van der Waals surface area contributed by atoms with Crippen molar-refractivity contribution in [3.63, 3.8) is 0 Å². The van der Waals surface area contributed by atoms with Crippen LogP contribution >= 0.6 is 13.5 Å². The highest BCUT2D eigenvalue weighted by molar-refractivity contribution is 7.59. The van der Waals surface area contributed by atoms with Crippen LogP contribution in [0.3, 0.4) is 0 Å². The second kappa shape index (κ2) is 15.2. The van der Waals surface area contributed by atoms with E-state index in [1.807, 2.05) is 30.3 Å². The van der Waals surface area contributed by atoms with Crippen LogP contribution in [0.1, 0.15) is 16.9 Å². The summed E-state index contributed by atoms with van der Waals surface area (Å²) in [5.74, 6) is 0.335. The summed E-state index contributed by atoms with van der Waals surface area (Å²) in [6, 6.07) is 9.26. The van der Waals surface area contributed by atoms with Gasteiger partial charge in [-0.05, 0) is 43.3 Å². The quantitative estimate of drug-likeness (QED) is 0.362. The van der Waals surface area contributed by atoms with E-state index in [1.54, 1.807) is 18.6 Å². The molecular formula is C24H29N7O5S. The number of nitrogens with zero attached hydrogens (tertiary/aromatic N) is 4. The third-order valence-corrected chi connectivity index (χ3v) is 5.18. The summed E-state index contributed by atoms with van der Waals surface area (Å²) in [6.45, 7) is 3.87. The van der Waals surface area contributed by atoms with Gasteiger partial charge < -0.3 is 31.2 Å². The smallest absolute Gasteiger partial charge is 0.373 e. The van der Waals surface area contributed by atoms with E-state index < -0.39 is 5.91 Å². The van der Waals surface area contributed by atoms with E-state index in [9.17, 15) is 4.79 Å². The number of anilines is 3. The van der Waals surface area contributed by atoms with Crippen LogP contribution in [0.25, 0.3) is 11.3 Å². The Morgan fingerprint density at radius 1 is 1.14 bits per heavy atom. The van der Waals surface area contributed by atoms with Gasteiger partial charge in [0.2, 0.25) is 0 Å². The third-order valence-electron chi connectivity index (χ3n) is 5.18. The lowest BCUT2D eigenvalue weighted by Crippen LogP contribution is -2.36. The van der Waals surface area contributed by atoms with Crippen LogP contribution in [0.5, 0.6) is 5.75 Å². The van der Waals surface area contributed by atoms with Crippen molar-refractivity contribution in [3.8, 4) is 17.0 Å². The van der Waals surface area contributed by atoms with Gasteiger partial charge in [-0.3, -0.25) is 9.78 Å². The molecule has 0 bridgehead atoms. The highest BCUT2D eigenvalue weighted by Gasteiger charge is 2.19. The van der Waals surface area contributed by atoms with E-state index in [0.717, 1.165) is 36.5 Å². The number of benzene rings is 1. The van der Waals surface area contributed by atoms with Crippen LogP contribution in [-0.2, 0) is 14.3 Å². The fraction of sp³-hybridized carbons (Fsp3) is 0.292. The Balaban J connectivity index is 0.00000115. The molecule has 1 saturated heterocycles. The molecule has 3 aromatic rings. The maximum absolute atomic E-state index is 13.1. The second-order valence-electron chi connectivity index (χ2n) is 7.53. The first-order valence-electron chi connectivity index (χ1n) is 11.2. The molecule has 0 saturated carbocycles. The zero-order chi connectivity index (χ0) is 25.8. The first-order valence-corrected chi connectivity index (χ1v) is 11.2. The molecule has 1 aliphatic rings. The number of rotatable bonds is 8. The summed E-state index contributed by atoms with van der Waals surface area (Å²) < 4.78 is 11.0. The summed E-state index contributed by atoms with van der Waals surface area (Å²) in [5, 5.41) is 2.88. The Morgan fingerprint density at radius 3 is 2.51 bits per heavy atom. The summed E-state index contributed by atoms with van der Waals surface area (Å²) in [5.41, 5.74) is 14.3. The van der Waals surface area contributed by atoms with Crippen molar-refractivity contribution >= 4 is 42.7 Å². The fourth-order valence-electron chi connectivity index (χ4n) is 3.44. The monoisotopic (exact) mass is 527 g/mol. The number of nitrogen functional groups attached to an aromatic ring is 1. The normalized spacial score (nSPS) is 12.3. The molecule has 12 nitrogen and oxygen atoms in total. The van der Waals surface area contributed by atoms with Crippen LogP contribution in [0.2, 0.25) is 0 Å². The minimum absolute atomic E-state index is 0. The van der Waals surface area contributed by atoms with Crippen molar-refractivity contribution in [2.24, 2.45) is 5.73 Å². The van der Waals surface area contributed by atoms with Crippen LogP contribution < -0.4 is 26.4 Å². The van der Waals surface area contributed by atoms with E-state index in [-0.39, 0.29) is 31.2 Å². The van der Waals surface area contributed by atoms with Gasteiger partial charge in [-0.15, -0.1) is 0 Å². The first-order chi connectivity index (χ1) is 17.6. The molecule has 3 heterocycles. The van der Waals surface area contributed by atoms with E-state index in [0.29, 0.717) is 37.7 Å². The molecule has 0 radical (unpaired) electrons. The van der Waals surface area contributed by atoms with Gasteiger partial charge in [-0.2, -0.15) is 23.1 Å². The number of ether oxygens (including phenoxy) is 2. The highest BCUT2D eigenvalue weighted by Crippen LogP contribution is 2.27. The van der Waals surface area contributed by atoms with E-state index in [2.05, 4.69) is 25.2 Å². The maximum Gasteiger partial charge on any atom is 0.373 e. The number of carbonyl (C=O) groups is 1. The molecule has 1 fully saturated rings. The molecule has 5 N–H and O–H groups in total. The standard InChI is InChI=1S/C23H27N7O3.CO2.H2S/c24-7-1-11-33-17-4-2-16(3-5-17)18-15-27-22(25)21(28-18)23(31)29-19-14-26-8-6-20(19)30-9-12-32-13-10-30;2-1-3;/h2-6,8,14-15H,1,7,9-13,24H2,(H2,25,27)(H,29,31);;1H2. The Hall–Kier alpha value is -4.03. The molecule has 196 valence electrons. The Morgan fingerprint density at radius 2 is 1.84 bits per heavy atom. The minimum Gasteiger partial charge on any atom is -0.494 e. The zero-order valence-corrected chi connectivity index (χ0v) is 21.1. The highest BCUT2D eigenvalue weighted by atomic mass is 32.1. The van der Waals surface area contributed by atoms with Crippen molar-refractivity contribution in [2.75, 3.05) is 55.4 Å². The average Bonchev–Trinajstić information content (AvgIpc) is 2.91. The fourth-order valence-corrected chi connectivity index (χ4v) is 3.44. The number of hydrogen-bond acceptors (Lipinski definition) is 11. The number of nitrogens with one attached hydrogen (secondary N) is 1. The predicted molar refractivity (Wildman–Crippen MR) is 142 cm³/mol. The zero-order valence-electron chi connectivity index (χ0n) is 20.1. The van der Waals surface area contributed by atoms with E-state index in [4.69, 9.17) is 30.5 Å². The third kappa shape index (κ3) is 8.26. The molecule has 1 aromatic carbocycles. The van der Waals surface area contributed by atoms with Gasteiger partial charge in [0.15, 0.2) is 11.5 Å². The summed E-state index contributed by atoms with van der Waals surface area (Å²) >= 11 is 0. The van der Waals surface area contributed by atoms with Crippen molar-refractivity contribution in [2.45, 2.75) is 6.42 Å². The number of pyridine rings is 1. The molecule has 1 aliphatic heterocycles. The molecule has 0 unspecified atom stereocenters. The second-order valence-corrected chi connectivity index (χ2v) is 7.53. The van der Waals surface area contributed by atoms with Gasteiger partial charge in [-0.1, -0.05) is 0 Å². The van der Waals surface area contributed by atoms with Gasteiger partial charge in [0.1, 0.15) is 5.75 Å². The largest absolute Gasteiger partial charge is 0.494 e. The molecule has 0 atom stereocenters. The van der Waals surface area contributed by atoms with Crippen molar-refractivity contribution in [3.05, 3.63) is 54.6 Å². The molecule has 0 aliphatic carbocycles. The number of amides is 1. The summed E-state index contributed by atoms with van der Waals surface area (Å²) in [4.78, 5) is 44.3. The average molecular weight is 528 g/mol. The number of carbonyl (C=O) groups excluding carboxylic acids is 3. The topological polar surface area (TPSA) is 176 Å². The molecular weight excluding hydrogens is 498 g/mol.